The third-order valence-corrected chi connectivity index (χ3v) is 2.04. The third kappa shape index (κ3) is 2.80. The average molecular weight is 241 g/mol. The Labute approximate surface area is 94.5 Å². The fourth-order valence-electron chi connectivity index (χ4n) is 0.858. The van der Waals surface area contributed by atoms with Crippen molar-refractivity contribution in [2.75, 3.05) is 0 Å². The lowest BCUT2D eigenvalue weighted by atomic mass is 10.2. The molecule has 0 aliphatic carbocycles. The van der Waals surface area contributed by atoms with Crippen LogP contribution in [0.2, 0.25) is 0 Å². The van der Waals surface area contributed by atoms with Crippen LogP contribution in [0, 0.1) is 0 Å². The van der Waals surface area contributed by atoms with Gasteiger partial charge in [-0.2, -0.15) is 0 Å². The zero-order valence-corrected chi connectivity index (χ0v) is 9.49. The molecular weight excluding hydrogens is 230 g/mol. The van der Waals surface area contributed by atoms with E-state index in [0.29, 0.717) is 5.57 Å². The molecule has 8 nitrogen and oxygen atoms in total. The normalized spacial score (nSPS) is 9.82. The van der Waals surface area contributed by atoms with Crippen LogP contribution in [0.15, 0.2) is 25.5 Å². The number of allylic oxidation sites excluding steroid dienone is 1. The van der Waals surface area contributed by atoms with E-state index >= 15 is 0 Å². The van der Waals surface area contributed by atoms with Crippen LogP contribution in [0.25, 0.3) is 0 Å². The van der Waals surface area contributed by atoms with Gasteiger partial charge >= 0.3 is 23.0 Å². The third-order valence-electron chi connectivity index (χ3n) is 2.04. The minimum atomic E-state index is -1.12. The number of H-pyrrole nitrogens is 2. The highest BCUT2D eigenvalue weighted by atomic mass is 16.7. The molecule has 1 aromatic rings. The molecule has 17 heavy (non-hydrogen) atoms. The van der Waals surface area contributed by atoms with E-state index in [-0.39, 0.29) is 10.3 Å². The Bertz CT molecular complexity index is 607. The quantitative estimate of drug-likeness (QED) is 0.614. The van der Waals surface area contributed by atoms with Crippen LogP contribution in [0.3, 0.4) is 0 Å². The molecule has 0 unspecified atom stereocenters. The summed E-state index contributed by atoms with van der Waals surface area (Å²) in [5.74, 6) is -0.843. The highest BCUT2D eigenvalue weighted by molar-refractivity contribution is 5.88. The van der Waals surface area contributed by atoms with Gasteiger partial charge in [-0.1, -0.05) is 10.3 Å². The number of nitrogens with one attached hydrogen (secondary N) is 2. The maximum Gasteiger partial charge on any atom is 0.367 e. The van der Waals surface area contributed by atoms with Gasteiger partial charge in [-0.3, -0.25) is 9.97 Å². The first kappa shape index (κ1) is 12.7. The maximum absolute atomic E-state index is 11.5. The molecule has 0 amide bonds. The van der Waals surface area contributed by atoms with Gasteiger partial charge in [0, 0.05) is 5.57 Å². The summed E-state index contributed by atoms with van der Waals surface area (Å²) < 4.78 is 0.149. The summed E-state index contributed by atoms with van der Waals surface area (Å²) in [4.78, 5) is 52.6. The van der Waals surface area contributed by atoms with Crippen LogP contribution in [0.4, 0.5) is 0 Å². The van der Waals surface area contributed by atoms with Crippen molar-refractivity contribution in [3.05, 3.63) is 42.6 Å². The van der Waals surface area contributed by atoms with Crippen molar-refractivity contribution in [3.63, 3.8) is 0 Å². The van der Waals surface area contributed by atoms with Gasteiger partial charge in [0.25, 0.3) is 0 Å². The van der Waals surface area contributed by atoms with Gasteiger partial charge in [0.05, 0.1) is 0 Å². The van der Waals surface area contributed by atoms with Gasteiger partial charge in [0.1, 0.15) is 0 Å². The van der Waals surface area contributed by atoms with Gasteiger partial charge in [-0.15, -0.1) is 0 Å². The van der Waals surface area contributed by atoms with Gasteiger partial charge in [-0.05, 0) is 20.8 Å². The molecule has 0 aliphatic heterocycles. The van der Waals surface area contributed by atoms with Gasteiger partial charge in [-0.25, -0.2) is 19.2 Å². The van der Waals surface area contributed by atoms with Gasteiger partial charge < -0.3 is 4.84 Å². The second-order valence-corrected chi connectivity index (χ2v) is 3.49. The molecule has 2 N–H and O–H groups in total. The van der Waals surface area contributed by atoms with Crippen LogP contribution in [0.1, 0.15) is 20.8 Å². The van der Waals surface area contributed by atoms with Crippen LogP contribution in [0.5, 0.6) is 0 Å². The second kappa shape index (κ2) is 4.64. The van der Waals surface area contributed by atoms with E-state index < -0.39 is 23.0 Å². The molecule has 1 heterocycles. The van der Waals surface area contributed by atoms with Crippen molar-refractivity contribution >= 4 is 5.97 Å². The predicted molar refractivity (Wildman–Crippen MR) is 57.6 cm³/mol. The number of hydrogen-bond donors (Lipinski definition) is 2. The van der Waals surface area contributed by atoms with Crippen molar-refractivity contribution < 1.29 is 9.63 Å². The number of aromatic nitrogens is 3. The minimum absolute atomic E-state index is 0.149. The number of rotatable bonds is 2. The first-order chi connectivity index (χ1) is 7.82. The standard InChI is InChI=1S/C9H11N3O5/c1-4(2)5(3)6(13)17-12-8(15)10-7(14)11-9(12)16/h1-3H3,(H2,10,11,14,15,16). The van der Waals surface area contributed by atoms with Crippen molar-refractivity contribution in [2.24, 2.45) is 0 Å². The van der Waals surface area contributed by atoms with Gasteiger partial charge in [0.15, 0.2) is 0 Å². The Balaban J connectivity index is 3.19. The first-order valence-electron chi connectivity index (χ1n) is 4.65. The summed E-state index contributed by atoms with van der Waals surface area (Å²) >= 11 is 0. The minimum Gasteiger partial charge on any atom is -0.322 e. The number of hydrogen-bond acceptors (Lipinski definition) is 5. The van der Waals surface area contributed by atoms with E-state index in [1.807, 2.05) is 0 Å². The lowest BCUT2D eigenvalue weighted by Gasteiger charge is -2.04. The Morgan fingerprint density at radius 2 is 1.53 bits per heavy atom. The molecule has 0 atom stereocenters. The SMILES string of the molecule is CC(C)=C(C)C(=O)On1c(=O)[nH]c(=O)[nH]c1=O. The Morgan fingerprint density at radius 1 is 1.06 bits per heavy atom. The topological polar surface area (TPSA) is 114 Å². The zero-order valence-electron chi connectivity index (χ0n) is 9.49. The first-order valence-corrected chi connectivity index (χ1v) is 4.65. The number of nitrogens with zero attached hydrogens (tertiary/aromatic N) is 1. The fourth-order valence-corrected chi connectivity index (χ4v) is 0.858. The Kier molecular flexibility index (Phi) is 3.46. The molecule has 92 valence electrons. The van der Waals surface area contributed by atoms with E-state index in [4.69, 9.17) is 0 Å². The van der Waals surface area contributed by atoms with E-state index in [1.54, 1.807) is 23.8 Å². The number of carbonyl (C=O) groups is 1. The van der Waals surface area contributed by atoms with Crippen molar-refractivity contribution in [1.29, 1.82) is 0 Å². The van der Waals surface area contributed by atoms with E-state index in [9.17, 15) is 19.2 Å². The highest BCUT2D eigenvalue weighted by Crippen LogP contribution is 2.01. The second-order valence-electron chi connectivity index (χ2n) is 3.49. The average Bonchev–Trinajstić information content (AvgIpc) is 2.21. The molecule has 8 heteroatoms. The number of carbonyl (C=O) groups excluding carboxylic acids is 1. The maximum atomic E-state index is 11.5. The molecule has 1 rings (SSSR count). The summed E-state index contributed by atoms with van der Waals surface area (Å²) in [6, 6.07) is 0. The molecule has 0 saturated carbocycles. The lowest BCUT2D eigenvalue weighted by molar-refractivity contribution is -0.140. The summed E-state index contributed by atoms with van der Waals surface area (Å²) in [5, 5.41) is 0. The lowest BCUT2D eigenvalue weighted by Crippen LogP contribution is -2.47. The molecule has 1 aromatic heterocycles. The van der Waals surface area contributed by atoms with E-state index in [1.165, 1.54) is 6.92 Å². The van der Waals surface area contributed by atoms with E-state index in [0.717, 1.165) is 0 Å². The fraction of sp³-hybridized carbons (Fsp3) is 0.333. The van der Waals surface area contributed by atoms with Crippen molar-refractivity contribution in [1.82, 2.24) is 14.7 Å². The van der Waals surface area contributed by atoms with Crippen LogP contribution >= 0.6 is 0 Å². The summed E-state index contributed by atoms with van der Waals surface area (Å²) in [5.41, 5.74) is -2.25. The molecule has 0 spiro atoms. The molecule has 0 saturated heterocycles. The van der Waals surface area contributed by atoms with Crippen LogP contribution in [-0.4, -0.2) is 20.7 Å². The molecule has 0 aliphatic rings. The largest absolute Gasteiger partial charge is 0.367 e. The van der Waals surface area contributed by atoms with Gasteiger partial charge in [0.2, 0.25) is 0 Å². The molecule has 0 aromatic carbocycles. The van der Waals surface area contributed by atoms with Crippen molar-refractivity contribution in [3.8, 4) is 0 Å². The molecule has 0 radical (unpaired) electrons. The monoisotopic (exact) mass is 241 g/mol. The predicted octanol–water partition coefficient (Wildman–Crippen LogP) is -1.46. The highest BCUT2D eigenvalue weighted by Gasteiger charge is 2.12. The Morgan fingerprint density at radius 3 is 1.94 bits per heavy atom. The molecule has 0 fully saturated rings. The zero-order chi connectivity index (χ0) is 13.2. The molecular formula is C9H11N3O5. The summed E-state index contributed by atoms with van der Waals surface area (Å²) in [6.07, 6.45) is 0. The van der Waals surface area contributed by atoms with Crippen LogP contribution < -0.4 is 21.9 Å². The molecule has 0 bridgehead atoms. The van der Waals surface area contributed by atoms with E-state index in [2.05, 4.69) is 4.84 Å². The van der Waals surface area contributed by atoms with Crippen molar-refractivity contribution in [2.45, 2.75) is 20.8 Å². The Hall–Kier alpha value is -2.38. The van der Waals surface area contributed by atoms with Crippen LogP contribution in [-0.2, 0) is 4.79 Å². The number of aromatic amines is 2. The summed E-state index contributed by atoms with van der Waals surface area (Å²) in [6.45, 7) is 4.84. The smallest absolute Gasteiger partial charge is 0.322 e. The summed E-state index contributed by atoms with van der Waals surface area (Å²) in [7, 11) is 0.